The molecule has 3 aromatic rings. The van der Waals surface area contributed by atoms with Crippen LogP contribution in [0.25, 0.3) is 0 Å². The molecule has 1 atom stereocenters. The van der Waals surface area contributed by atoms with Crippen LogP contribution in [0.4, 0.5) is 5.69 Å². The molecule has 0 aliphatic heterocycles. The Morgan fingerprint density at radius 3 is 2.53 bits per heavy atom. The Morgan fingerprint density at radius 1 is 1.19 bits per heavy atom. The van der Waals surface area contributed by atoms with Gasteiger partial charge >= 0.3 is 0 Å². The van der Waals surface area contributed by atoms with Crippen LogP contribution in [0.1, 0.15) is 50.8 Å². The monoisotopic (exact) mass is 472 g/mol. The fourth-order valence-corrected chi connectivity index (χ4v) is 4.03. The fraction of sp³-hybridized carbons (Fsp3) is 0.375. The van der Waals surface area contributed by atoms with Gasteiger partial charge in [0.1, 0.15) is 5.75 Å². The molecule has 0 aliphatic rings. The van der Waals surface area contributed by atoms with Crippen LogP contribution in [0, 0.1) is 6.92 Å². The summed E-state index contributed by atoms with van der Waals surface area (Å²) in [4.78, 5) is 12.4. The highest BCUT2D eigenvalue weighted by Crippen LogP contribution is 2.27. The number of rotatable bonds is 7. The second kappa shape index (κ2) is 9.96. The molecule has 2 aromatic carbocycles. The molecule has 0 aliphatic carbocycles. The van der Waals surface area contributed by atoms with Crippen molar-refractivity contribution in [3.63, 3.8) is 0 Å². The van der Waals surface area contributed by atoms with Gasteiger partial charge in [-0.3, -0.25) is 4.79 Å². The molecule has 170 valence electrons. The summed E-state index contributed by atoms with van der Waals surface area (Å²) in [6.07, 6.45) is -0.287. The summed E-state index contributed by atoms with van der Waals surface area (Å²) in [5.74, 6) is 1.55. The molecule has 1 N–H and O–H groups in total. The van der Waals surface area contributed by atoms with Gasteiger partial charge in [-0.05, 0) is 54.7 Å². The van der Waals surface area contributed by atoms with Crippen molar-refractivity contribution in [2.24, 2.45) is 7.05 Å². The van der Waals surface area contributed by atoms with Crippen LogP contribution in [-0.2, 0) is 17.3 Å². The standard InChI is InChI=1S/C24H29ClN4O2S/c1-15-7-10-18(25)13-20(15)26-21(30)14-32-23-28-27-22(29(23)6)16(2)31-19-11-8-17(9-12-19)24(3,4)5/h7-13,16H,14H2,1-6H3,(H,26,30). The molecule has 0 fully saturated rings. The smallest absolute Gasteiger partial charge is 0.234 e. The maximum absolute atomic E-state index is 12.4. The molecule has 0 spiro atoms. The summed E-state index contributed by atoms with van der Waals surface area (Å²) >= 11 is 7.34. The minimum atomic E-state index is -0.287. The Bertz CT molecular complexity index is 1090. The summed E-state index contributed by atoms with van der Waals surface area (Å²) in [6.45, 7) is 10.4. The minimum absolute atomic E-state index is 0.0949. The van der Waals surface area contributed by atoms with Crippen LogP contribution in [0.15, 0.2) is 47.6 Å². The van der Waals surface area contributed by atoms with Gasteiger partial charge in [-0.1, -0.05) is 62.3 Å². The van der Waals surface area contributed by atoms with E-state index in [1.54, 1.807) is 12.1 Å². The van der Waals surface area contributed by atoms with Gasteiger partial charge in [0.15, 0.2) is 17.1 Å². The second-order valence-electron chi connectivity index (χ2n) is 8.73. The zero-order valence-electron chi connectivity index (χ0n) is 19.3. The minimum Gasteiger partial charge on any atom is -0.483 e. The molecule has 0 bridgehead atoms. The van der Waals surface area contributed by atoms with Crippen LogP contribution in [-0.4, -0.2) is 26.4 Å². The summed E-state index contributed by atoms with van der Waals surface area (Å²) in [6, 6.07) is 13.5. The predicted molar refractivity (Wildman–Crippen MR) is 131 cm³/mol. The largest absolute Gasteiger partial charge is 0.483 e. The third kappa shape index (κ3) is 6.04. The lowest BCUT2D eigenvalue weighted by atomic mass is 9.87. The summed E-state index contributed by atoms with van der Waals surface area (Å²) in [7, 11) is 1.87. The highest BCUT2D eigenvalue weighted by atomic mass is 35.5. The molecule has 6 nitrogen and oxygen atoms in total. The molecule has 3 rings (SSSR count). The lowest BCUT2D eigenvalue weighted by Gasteiger charge is -2.20. The number of aryl methyl sites for hydroxylation is 1. The van der Waals surface area contributed by atoms with Crippen LogP contribution in [0.5, 0.6) is 5.75 Å². The van der Waals surface area contributed by atoms with Crippen molar-refractivity contribution in [2.75, 3.05) is 11.1 Å². The van der Waals surface area contributed by atoms with Crippen molar-refractivity contribution in [2.45, 2.75) is 51.3 Å². The average Bonchev–Trinajstić information content (AvgIpc) is 3.09. The van der Waals surface area contributed by atoms with Gasteiger partial charge in [0.2, 0.25) is 5.91 Å². The van der Waals surface area contributed by atoms with Gasteiger partial charge in [-0.25, -0.2) is 0 Å². The number of hydrogen-bond donors (Lipinski definition) is 1. The molecular weight excluding hydrogens is 444 g/mol. The van der Waals surface area contributed by atoms with E-state index in [9.17, 15) is 4.79 Å². The predicted octanol–water partition coefficient (Wildman–Crippen LogP) is 5.95. The number of carbonyl (C=O) groups is 1. The maximum atomic E-state index is 12.4. The number of carbonyl (C=O) groups excluding carboxylic acids is 1. The summed E-state index contributed by atoms with van der Waals surface area (Å²) < 4.78 is 7.92. The van der Waals surface area contributed by atoms with E-state index < -0.39 is 0 Å². The quantitative estimate of drug-likeness (QED) is 0.430. The molecule has 1 aromatic heterocycles. The van der Waals surface area contributed by atoms with Crippen molar-refractivity contribution in [3.8, 4) is 5.75 Å². The highest BCUT2D eigenvalue weighted by molar-refractivity contribution is 7.99. The van der Waals surface area contributed by atoms with Crippen molar-refractivity contribution in [3.05, 3.63) is 64.4 Å². The molecule has 0 saturated heterocycles. The number of halogens is 1. The van der Waals surface area contributed by atoms with Crippen molar-refractivity contribution in [1.29, 1.82) is 0 Å². The zero-order valence-corrected chi connectivity index (χ0v) is 20.8. The molecule has 1 unspecified atom stereocenters. The SMILES string of the molecule is Cc1ccc(Cl)cc1NC(=O)CSc1nnc(C(C)Oc2ccc(C(C)(C)C)cc2)n1C. The molecule has 0 saturated carbocycles. The van der Waals surface area contributed by atoms with Gasteiger partial charge < -0.3 is 14.6 Å². The van der Waals surface area contributed by atoms with Crippen molar-refractivity contribution >= 4 is 35.0 Å². The first-order valence-corrected chi connectivity index (χ1v) is 11.8. The number of nitrogens with zero attached hydrogens (tertiary/aromatic N) is 3. The first kappa shape index (κ1) is 24.1. The van der Waals surface area contributed by atoms with Gasteiger partial charge in [0, 0.05) is 17.8 Å². The zero-order chi connectivity index (χ0) is 23.5. The van der Waals surface area contributed by atoms with E-state index in [1.807, 2.05) is 43.7 Å². The Labute approximate surface area is 198 Å². The topological polar surface area (TPSA) is 69.0 Å². The third-order valence-electron chi connectivity index (χ3n) is 5.07. The molecule has 32 heavy (non-hydrogen) atoms. The molecule has 0 radical (unpaired) electrons. The number of benzene rings is 2. The Kier molecular flexibility index (Phi) is 7.51. The number of aromatic nitrogens is 3. The molecule has 8 heteroatoms. The summed E-state index contributed by atoms with van der Waals surface area (Å²) in [5.41, 5.74) is 3.01. The number of thioether (sulfide) groups is 1. The van der Waals surface area contributed by atoms with E-state index in [0.717, 1.165) is 11.3 Å². The first-order valence-electron chi connectivity index (χ1n) is 10.4. The van der Waals surface area contributed by atoms with E-state index in [2.05, 4.69) is 48.4 Å². The Morgan fingerprint density at radius 2 is 1.88 bits per heavy atom. The van der Waals surface area contributed by atoms with Gasteiger partial charge in [0.05, 0.1) is 5.75 Å². The van der Waals surface area contributed by atoms with Crippen LogP contribution in [0.3, 0.4) is 0 Å². The van der Waals surface area contributed by atoms with E-state index in [4.69, 9.17) is 16.3 Å². The molecular formula is C24H29ClN4O2S. The average molecular weight is 473 g/mol. The normalized spacial score (nSPS) is 12.5. The number of nitrogens with one attached hydrogen (secondary N) is 1. The van der Waals surface area contributed by atoms with Crippen LogP contribution in [0.2, 0.25) is 5.02 Å². The van der Waals surface area contributed by atoms with Crippen molar-refractivity contribution in [1.82, 2.24) is 14.8 Å². The second-order valence-corrected chi connectivity index (χ2v) is 10.1. The number of hydrogen-bond acceptors (Lipinski definition) is 5. The maximum Gasteiger partial charge on any atom is 0.234 e. The van der Waals surface area contributed by atoms with E-state index in [0.29, 0.717) is 21.7 Å². The van der Waals surface area contributed by atoms with Crippen LogP contribution >= 0.6 is 23.4 Å². The molecule has 1 heterocycles. The van der Waals surface area contributed by atoms with Crippen LogP contribution < -0.4 is 10.1 Å². The van der Waals surface area contributed by atoms with Gasteiger partial charge in [-0.15, -0.1) is 10.2 Å². The van der Waals surface area contributed by atoms with E-state index >= 15 is 0 Å². The Hall–Kier alpha value is -2.51. The fourth-order valence-electron chi connectivity index (χ4n) is 3.14. The lowest BCUT2D eigenvalue weighted by molar-refractivity contribution is -0.113. The van der Waals surface area contributed by atoms with Gasteiger partial charge in [0.25, 0.3) is 0 Å². The number of amides is 1. The lowest BCUT2D eigenvalue weighted by Crippen LogP contribution is -2.15. The van der Waals surface area contributed by atoms with E-state index in [1.165, 1.54) is 17.3 Å². The number of ether oxygens (including phenoxy) is 1. The Balaban J connectivity index is 1.59. The van der Waals surface area contributed by atoms with E-state index in [-0.39, 0.29) is 23.2 Å². The highest BCUT2D eigenvalue weighted by Gasteiger charge is 2.19. The molecule has 1 amide bonds. The van der Waals surface area contributed by atoms with Crippen molar-refractivity contribution < 1.29 is 9.53 Å². The summed E-state index contributed by atoms with van der Waals surface area (Å²) in [5, 5.41) is 12.6. The number of anilines is 1. The first-order chi connectivity index (χ1) is 15.0. The third-order valence-corrected chi connectivity index (χ3v) is 6.33. The van der Waals surface area contributed by atoms with Gasteiger partial charge in [-0.2, -0.15) is 0 Å².